The number of urea groups is 1. The molecule has 180 valence electrons. The van der Waals surface area contributed by atoms with Gasteiger partial charge in [0.1, 0.15) is 11.5 Å². The lowest BCUT2D eigenvalue weighted by Crippen LogP contribution is -2.19. The second-order valence-electron chi connectivity index (χ2n) is 7.31. The van der Waals surface area contributed by atoms with E-state index >= 15 is 0 Å². The number of ether oxygens (including phenoxy) is 5. The minimum Gasteiger partial charge on any atom is -0.493 e. The lowest BCUT2D eigenvalue weighted by atomic mass is 10.2. The average Bonchev–Trinajstić information content (AvgIpc) is 2.89. The summed E-state index contributed by atoms with van der Waals surface area (Å²) in [6.45, 7) is 0. The summed E-state index contributed by atoms with van der Waals surface area (Å²) in [6.07, 6.45) is 1.66. The van der Waals surface area contributed by atoms with Gasteiger partial charge < -0.3 is 34.3 Å². The Labute approximate surface area is 202 Å². The van der Waals surface area contributed by atoms with E-state index in [1.807, 2.05) is 6.07 Å². The van der Waals surface area contributed by atoms with Gasteiger partial charge in [0.05, 0.1) is 34.0 Å². The van der Waals surface area contributed by atoms with Gasteiger partial charge in [-0.05, 0) is 48.5 Å². The molecule has 0 aliphatic rings. The number of hydrogen-bond donors (Lipinski definition) is 2. The molecular formula is C26H25N3O6. The van der Waals surface area contributed by atoms with Gasteiger partial charge in [0.2, 0.25) is 0 Å². The van der Waals surface area contributed by atoms with Gasteiger partial charge in [0.15, 0.2) is 23.0 Å². The number of methoxy groups -OCH3 is 4. The number of carbonyl (C=O) groups excluding carboxylic acids is 1. The summed E-state index contributed by atoms with van der Waals surface area (Å²) in [5, 5.41) is 6.33. The topological polar surface area (TPSA) is 100 Å². The van der Waals surface area contributed by atoms with Crippen molar-refractivity contribution in [2.24, 2.45) is 0 Å². The quantitative estimate of drug-likeness (QED) is 0.337. The van der Waals surface area contributed by atoms with Crippen molar-refractivity contribution in [3.05, 3.63) is 66.9 Å². The Bertz CT molecular complexity index is 1340. The molecule has 1 aromatic heterocycles. The zero-order valence-corrected chi connectivity index (χ0v) is 19.7. The highest BCUT2D eigenvalue weighted by Gasteiger charge is 2.12. The highest BCUT2D eigenvalue weighted by molar-refractivity contribution is 6.00. The lowest BCUT2D eigenvalue weighted by molar-refractivity contribution is 0.262. The van der Waals surface area contributed by atoms with Gasteiger partial charge in [-0.2, -0.15) is 0 Å². The van der Waals surface area contributed by atoms with Crippen LogP contribution in [0.3, 0.4) is 0 Å². The molecule has 9 heteroatoms. The molecule has 0 saturated carbocycles. The number of nitrogens with one attached hydrogen (secondary N) is 2. The molecule has 0 bridgehead atoms. The SMILES string of the molecule is COc1ccc(NC(=O)Nc2ccc(Oc3ccnc4cc(OC)c(OC)cc34)cc2)cc1OC. The first-order valence-corrected chi connectivity index (χ1v) is 10.6. The van der Waals surface area contributed by atoms with E-state index in [2.05, 4.69) is 15.6 Å². The van der Waals surface area contributed by atoms with Gasteiger partial charge in [0.25, 0.3) is 0 Å². The maximum absolute atomic E-state index is 12.4. The summed E-state index contributed by atoms with van der Waals surface area (Å²) in [6, 6.07) is 17.1. The smallest absolute Gasteiger partial charge is 0.323 e. The van der Waals surface area contributed by atoms with Crippen LogP contribution in [0.15, 0.2) is 66.9 Å². The largest absolute Gasteiger partial charge is 0.493 e. The van der Waals surface area contributed by atoms with E-state index < -0.39 is 6.03 Å². The Morgan fingerprint density at radius 2 is 1.26 bits per heavy atom. The minimum atomic E-state index is -0.396. The fourth-order valence-corrected chi connectivity index (χ4v) is 3.48. The molecule has 0 radical (unpaired) electrons. The number of anilines is 2. The first-order chi connectivity index (χ1) is 17.0. The van der Waals surface area contributed by atoms with Crippen LogP contribution in [0.25, 0.3) is 10.9 Å². The van der Waals surface area contributed by atoms with Crippen molar-refractivity contribution in [2.45, 2.75) is 0 Å². The first-order valence-electron chi connectivity index (χ1n) is 10.6. The van der Waals surface area contributed by atoms with Crippen LogP contribution in [0.4, 0.5) is 16.2 Å². The molecule has 0 saturated heterocycles. The van der Waals surface area contributed by atoms with Gasteiger partial charge in [-0.3, -0.25) is 4.98 Å². The Kier molecular flexibility index (Phi) is 7.06. The number of rotatable bonds is 8. The third-order valence-corrected chi connectivity index (χ3v) is 5.19. The Balaban J connectivity index is 1.45. The third kappa shape index (κ3) is 5.30. The highest BCUT2D eigenvalue weighted by Crippen LogP contribution is 2.37. The summed E-state index contributed by atoms with van der Waals surface area (Å²) < 4.78 is 27.3. The van der Waals surface area contributed by atoms with Crippen molar-refractivity contribution < 1.29 is 28.5 Å². The van der Waals surface area contributed by atoms with Crippen LogP contribution >= 0.6 is 0 Å². The van der Waals surface area contributed by atoms with Crippen LogP contribution in [-0.4, -0.2) is 39.5 Å². The van der Waals surface area contributed by atoms with Gasteiger partial charge in [-0.25, -0.2) is 4.79 Å². The van der Waals surface area contributed by atoms with Crippen molar-refractivity contribution in [3.8, 4) is 34.5 Å². The van der Waals surface area contributed by atoms with E-state index in [1.165, 1.54) is 7.11 Å². The van der Waals surface area contributed by atoms with Crippen LogP contribution in [-0.2, 0) is 0 Å². The molecule has 1 heterocycles. The number of carbonyl (C=O) groups is 1. The molecule has 4 rings (SSSR count). The highest BCUT2D eigenvalue weighted by atomic mass is 16.5. The van der Waals surface area contributed by atoms with Crippen molar-refractivity contribution in [3.63, 3.8) is 0 Å². The molecule has 0 aliphatic carbocycles. The normalized spacial score (nSPS) is 10.4. The summed E-state index contributed by atoms with van der Waals surface area (Å²) in [4.78, 5) is 16.8. The second-order valence-corrected chi connectivity index (χ2v) is 7.31. The van der Waals surface area contributed by atoms with E-state index in [4.69, 9.17) is 23.7 Å². The van der Waals surface area contributed by atoms with E-state index in [-0.39, 0.29) is 0 Å². The summed E-state index contributed by atoms with van der Waals surface area (Å²) in [5.41, 5.74) is 1.88. The summed E-state index contributed by atoms with van der Waals surface area (Å²) in [7, 11) is 6.24. The average molecular weight is 476 g/mol. The molecule has 2 N–H and O–H groups in total. The van der Waals surface area contributed by atoms with Crippen LogP contribution in [0.2, 0.25) is 0 Å². The predicted molar refractivity (Wildman–Crippen MR) is 134 cm³/mol. The van der Waals surface area contributed by atoms with Crippen molar-refractivity contribution in [1.29, 1.82) is 0 Å². The fraction of sp³-hybridized carbons (Fsp3) is 0.154. The molecule has 0 unspecified atom stereocenters. The monoisotopic (exact) mass is 475 g/mol. The molecule has 2 amide bonds. The molecule has 0 spiro atoms. The molecular weight excluding hydrogens is 450 g/mol. The summed E-state index contributed by atoms with van der Waals surface area (Å²) in [5.74, 6) is 3.48. The number of pyridine rings is 1. The minimum absolute atomic E-state index is 0.396. The maximum Gasteiger partial charge on any atom is 0.323 e. The van der Waals surface area contributed by atoms with Crippen molar-refractivity contribution >= 4 is 28.3 Å². The maximum atomic E-state index is 12.4. The Hall–Kier alpha value is -4.66. The zero-order chi connectivity index (χ0) is 24.8. The van der Waals surface area contributed by atoms with Gasteiger partial charge in [0, 0.05) is 35.1 Å². The Morgan fingerprint density at radius 3 is 1.94 bits per heavy atom. The third-order valence-electron chi connectivity index (χ3n) is 5.19. The molecule has 4 aromatic rings. The van der Waals surface area contributed by atoms with Crippen molar-refractivity contribution in [2.75, 3.05) is 39.1 Å². The number of hydrogen-bond acceptors (Lipinski definition) is 7. The lowest BCUT2D eigenvalue weighted by Gasteiger charge is -2.13. The second kappa shape index (κ2) is 10.5. The molecule has 35 heavy (non-hydrogen) atoms. The van der Waals surface area contributed by atoms with Crippen molar-refractivity contribution in [1.82, 2.24) is 4.98 Å². The van der Waals surface area contributed by atoms with Crippen LogP contribution in [0.1, 0.15) is 0 Å². The molecule has 3 aromatic carbocycles. The number of benzene rings is 3. The standard InChI is InChI=1S/C26H25N3O6/c1-31-22-10-7-17(13-23(22)32-2)29-26(30)28-16-5-8-18(9-6-16)35-21-11-12-27-20-15-25(34-4)24(33-3)14-19(20)21/h5-15H,1-4H3,(H2,28,29,30). The van der Waals surface area contributed by atoms with Gasteiger partial charge in [-0.1, -0.05) is 0 Å². The first kappa shape index (κ1) is 23.5. The number of aromatic nitrogens is 1. The van der Waals surface area contributed by atoms with E-state index in [9.17, 15) is 4.79 Å². The molecule has 0 atom stereocenters. The molecule has 0 fully saturated rings. The van der Waals surface area contributed by atoms with Crippen LogP contribution in [0.5, 0.6) is 34.5 Å². The van der Waals surface area contributed by atoms with E-state index in [0.29, 0.717) is 51.4 Å². The van der Waals surface area contributed by atoms with Gasteiger partial charge >= 0.3 is 6.03 Å². The van der Waals surface area contributed by atoms with E-state index in [0.717, 1.165) is 5.39 Å². The number of nitrogens with zero attached hydrogens (tertiary/aromatic N) is 1. The Morgan fingerprint density at radius 1 is 0.657 bits per heavy atom. The zero-order valence-electron chi connectivity index (χ0n) is 19.7. The van der Waals surface area contributed by atoms with Crippen LogP contribution < -0.4 is 34.3 Å². The number of fused-ring (bicyclic) bond motifs is 1. The van der Waals surface area contributed by atoms with Crippen LogP contribution in [0, 0.1) is 0 Å². The fourth-order valence-electron chi connectivity index (χ4n) is 3.48. The molecule has 0 aliphatic heterocycles. The van der Waals surface area contributed by atoms with Gasteiger partial charge in [-0.15, -0.1) is 0 Å². The molecule has 9 nitrogen and oxygen atoms in total. The number of amides is 2. The van der Waals surface area contributed by atoms with E-state index in [1.54, 1.807) is 82.1 Å². The summed E-state index contributed by atoms with van der Waals surface area (Å²) >= 11 is 0. The predicted octanol–water partition coefficient (Wildman–Crippen LogP) is 5.71.